The van der Waals surface area contributed by atoms with Crippen molar-refractivity contribution in [1.29, 1.82) is 5.26 Å². The molecule has 2 aromatic carbocycles. The highest BCUT2D eigenvalue weighted by atomic mass is 32.2. The van der Waals surface area contributed by atoms with Crippen LogP contribution in [0.15, 0.2) is 48.5 Å². The van der Waals surface area contributed by atoms with Crippen molar-refractivity contribution in [2.75, 3.05) is 4.31 Å². The molecule has 2 aromatic rings. The molecule has 0 aliphatic rings. The van der Waals surface area contributed by atoms with Crippen molar-refractivity contribution < 1.29 is 17.9 Å². The van der Waals surface area contributed by atoms with E-state index in [1.807, 2.05) is 0 Å². The van der Waals surface area contributed by atoms with Crippen LogP contribution < -0.4 is 4.31 Å². The maximum absolute atomic E-state index is 11.7. The molecule has 0 bridgehead atoms. The lowest BCUT2D eigenvalue weighted by molar-refractivity contribution is -0.384. The third kappa shape index (κ3) is 3.03. The lowest BCUT2D eigenvalue weighted by Crippen LogP contribution is -2.26. The Morgan fingerprint density at radius 3 is 2.32 bits per heavy atom. The Balaban J connectivity index is 2.78. The molecule has 1 N–H and O–H groups in total. The second-order valence-corrected chi connectivity index (χ2v) is 5.41. The molecule has 0 amide bonds. The molecule has 0 saturated heterocycles. The fourth-order valence-electron chi connectivity index (χ4n) is 1.87. The highest BCUT2D eigenvalue weighted by molar-refractivity contribution is 7.87. The molecule has 0 unspecified atom stereocenters. The molecule has 22 heavy (non-hydrogen) atoms. The second-order valence-electron chi connectivity index (χ2n) is 4.15. The van der Waals surface area contributed by atoms with Crippen molar-refractivity contribution in [2.45, 2.75) is 0 Å². The summed E-state index contributed by atoms with van der Waals surface area (Å²) < 4.78 is 33.2. The highest BCUT2D eigenvalue weighted by Gasteiger charge is 2.29. The van der Waals surface area contributed by atoms with E-state index in [9.17, 15) is 23.1 Å². The molecule has 0 aromatic heterocycles. The van der Waals surface area contributed by atoms with Gasteiger partial charge in [0, 0.05) is 6.07 Å². The van der Waals surface area contributed by atoms with Gasteiger partial charge in [0.25, 0.3) is 5.69 Å². The Hall–Kier alpha value is -2.96. The van der Waals surface area contributed by atoms with Crippen LogP contribution in [0.2, 0.25) is 0 Å². The average Bonchev–Trinajstić information content (AvgIpc) is 2.46. The summed E-state index contributed by atoms with van der Waals surface area (Å²) >= 11 is 0. The summed E-state index contributed by atoms with van der Waals surface area (Å²) in [6.07, 6.45) is 0. The van der Waals surface area contributed by atoms with Crippen LogP contribution >= 0.6 is 0 Å². The number of para-hydroxylation sites is 1. The minimum atomic E-state index is -4.83. The molecule has 0 radical (unpaired) electrons. The van der Waals surface area contributed by atoms with Crippen LogP contribution in [0.4, 0.5) is 17.1 Å². The maximum atomic E-state index is 11.7. The normalized spacial score (nSPS) is 10.7. The lowest BCUT2D eigenvalue weighted by atomic mass is 10.2. The lowest BCUT2D eigenvalue weighted by Gasteiger charge is -2.20. The first-order chi connectivity index (χ1) is 10.3. The van der Waals surface area contributed by atoms with Gasteiger partial charge in [-0.2, -0.15) is 13.7 Å². The first-order valence-corrected chi connectivity index (χ1v) is 7.25. The van der Waals surface area contributed by atoms with Gasteiger partial charge in [-0.1, -0.05) is 18.2 Å². The zero-order chi connectivity index (χ0) is 16.3. The molecule has 0 spiro atoms. The van der Waals surface area contributed by atoms with Gasteiger partial charge >= 0.3 is 10.3 Å². The molecule has 2 rings (SSSR count). The number of nitriles is 1. The summed E-state index contributed by atoms with van der Waals surface area (Å²) in [7, 11) is -4.83. The van der Waals surface area contributed by atoms with Crippen LogP contribution in [-0.4, -0.2) is 17.9 Å². The minimum absolute atomic E-state index is 0.00295. The van der Waals surface area contributed by atoms with Crippen LogP contribution in [0.3, 0.4) is 0 Å². The third-order valence-electron chi connectivity index (χ3n) is 2.74. The second kappa shape index (κ2) is 5.80. The van der Waals surface area contributed by atoms with Crippen molar-refractivity contribution >= 4 is 27.4 Å². The number of benzene rings is 2. The standard InChI is InChI=1S/C13H9N3O5S/c14-9-10-6-7-12(16(17)18)13(8-10)15(22(19,20)21)11-4-2-1-3-5-11/h1-8H,(H,19,20,21). The number of nitro benzene ring substituents is 1. The Kier molecular flexibility index (Phi) is 4.07. The SMILES string of the molecule is N#Cc1ccc([N+](=O)[O-])c(N(c2ccccc2)S(=O)(=O)O)c1. The summed E-state index contributed by atoms with van der Waals surface area (Å²) in [6.45, 7) is 0. The molecule has 9 heteroatoms. The highest BCUT2D eigenvalue weighted by Crippen LogP contribution is 2.36. The number of nitrogens with zero attached hydrogens (tertiary/aromatic N) is 3. The van der Waals surface area contributed by atoms with Crippen molar-refractivity contribution in [2.24, 2.45) is 0 Å². The zero-order valence-corrected chi connectivity index (χ0v) is 11.8. The van der Waals surface area contributed by atoms with Crippen LogP contribution in [0.25, 0.3) is 0 Å². The van der Waals surface area contributed by atoms with E-state index in [1.54, 1.807) is 12.1 Å². The Bertz CT molecular complexity index is 859. The van der Waals surface area contributed by atoms with Gasteiger partial charge in [-0.25, -0.2) is 4.31 Å². The van der Waals surface area contributed by atoms with Gasteiger partial charge in [-0.15, -0.1) is 0 Å². The molecule has 8 nitrogen and oxygen atoms in total. The minimum Gasteiger partial charge on any atom is -0.269 e. The quantitative estimate of drug-likeness (QED) is 0.524. The summed E-state index contributed by atoms with van der Waals surface area (Å²) in [5.41, 5.74) is -0.952. The summed E-state index contributed by atoms with van der Waals surface area (Å²) in [5, 5.41) is 20.0. The van der Waals surface area contributed by atoms with E-state index >= 15 is 0 Å². The fraction of sp³-hybridized carbons (Fsp3) is 0. The van der Waals surface area contributed by atoms with Gasteiger partial charge in [-0.05, 0) is 24.3 Å². The number of nitro groups is 1. The van der Waals surface area contributed by atoms with Gasteiger partial charge in [0.1, 0.15) is 5.69 Å². The van der Waals surface area contributed by atoms with Crippen LogP contribution in [0.1, 0.15) is 5.56 Å². The molecule has 0 fully saturated rings. The van der Waals surface area contributed by atoms with Crippen molar-refractivity contribution in [1.82, 2.24) is 0 Å². The molecule has 0 aliphatic heterocycles. The Morgan fingerprint density at radius 2 is 1.82 bits per heavy atom. The molecular formula is C13H9N3O5S. The van der Waals surface area contributed by atoms with E-state index in [1.165, 1.54) is 30.3 Å². The van der Waals surface area contributed by atoms with Crippen LogP contribution in [-0.2, 0) is 10.3 Å². The van der Waals surface area contributed by atoms with E-state index in [0.717, 1.165) is 12.1 Å². The summed E-state index contributed by atoms with van der Waals surface area (Å²) in [4.78, 5) is 10.3. The van der Waals surface area contributed by atoms with Gasteiger partial charge in [-0.3, -0.25) is 14.7 Å². The van der Waals surface area contributed by atoms with E-state index in [0.29, 0.717) is 4.31 Å². The summed E-state index contributed by atoms with van der Waals surface area (Å²) in [6, 6.07) is 12.3. The van der Waals surface area contributed by atoms with E-state index < -0.39 is 26.6 Å². The van der Waals surface area contributed by atoms with Gasteiger partial charge in [0.15, 0.2) is 0 Å². The smallest absolute Gasteiger partial charge is 0.269 e. The molecule has 0 aliphatic carbocycles. The molecule has 112 valence electrons. The van der Waals surface area contributed by atoms with Gasteiger partial charge in [0.2, 0.25) is 0 Å². The third-order valence-corrected chi connectivity index (χ3v) is 3.61. The summed E-state index contributed by atoms with van der Waals surface area (Å²) in [5.74, 6) is 0. The fourth-order valence-corrected chi connectivity index (χ4v) is 2.65. The predicted octanol–water partition coefficient (Wildman–Crippen LogP) is 2.41. The molecule has 0 saturated carbocycles. The average molecular weight is 319 g/mol. The van der Waals surface area contributed by atoms with Crippen molar-refractivity contribution in [3.8, 4) is 6.07 Å². The monoisotopic (exact) mass is 319 g/mol. The predicted molar refractivity (Wildman–Crippen MR) is 77.9 cm³/mol. The Labute approximate surface area is 125 Å². The van der Waals surface area contributed by atoms with E-state index in [-0.39, 0.29) is 11.3 Å². The van der Waals surface area contributed by atoms with Crippen molar-refractivity contribution in [3.05, 3.63) is 64.2 Å². The largest absolute Gasteiger partial charge is 0.364 e. The number of hydrogen-bond donors (Lipinski definition) is 1. The molecule has 0 heterocycles. The molecule has 0 atom stereocenters. The first kappa shape index (κ1) is 15.4. The topological polar surface area (TPSA) is 125 Å². The number of rotatable bonds is 4. The van der Waals surface area contributed by atoms with E-state index in [2.05, 4.69) is 0 Å². The maximum Gasteiger partial charge on any atom is 0.364 e. The Morgan fingerprint density at radius 1 is 1.18 bits per heavy atom. The number of anilines is 2. The van der Waals surface area contributed by atoms with Gasteiger partial charge < -0.3 is 0 Å². The van der Waals surface area contributed by atoms with Crippen LogP contribution in [0, 0.1) is 21.4 Å². The van der Waals surface area contributed by atoms with E-state index in [4.69, 9.17) is 5.26 Å². The van der Waals surface area contributed by atoms with Crippen molar-refractivity contribution in [3.63, 3.8) is 0 Å². The zero-order valence-electron chi connectivity index (χ0n) is 10.9. The number of hydrogen-bond acceptors (Lipinski definition) is 5. The first-order valence-electron chi connectivity index (χ1n) is 5.86. The molecular weight excluding hydrogens is 310 g/mol. The van der Waals surface area contributed by atoms with Gasteiger partial charge in [0.05, 0.1) is 22.2 Å². The van der Waals surface area contributed by atoms with Crippen LogP contribution in [0.5, 0.6) is 0 Å².